The zero-order chi connectivity index (χ0) is 13.8. The van der Waals surface area contributed by atoms with Crippen LogP contribution in [0.4, 0.5) is 0 Å². The van der Waals surface area contributed by atoms with E-state index >= 15 is 0 Å². The summed E-state index contributed by atoms with van der Waals surface area (Å²) in [7, 11) is 1.74. The predicted molar refractivity (Wildman–Crippen MR) is 79.0 cm³/mol. The Bertz CT molecular complexity index is 596. The molecule has 0 saturated carbocycles. The molecule has 0 spiro atoms. The van der Waals surface area contributed by atoms with Gasteiger partial charge in [0.1, 0.15) is 5.52 Å². The van der Waals surface area contributed by atoms with Gasteiger partial charge < -0.3 is 14.3 Å². The number of nitrogens with one attached hydrogen (secondary N) is 1. The van der Waals surface area contributed by atoms with Gasteiger partial charge in [0, 0.05) is 26.8 Å². The first-order valence-electron chi connectivity index (χ1n) is 6.84. The summed E-state index contributed by atoms with van der Waals surface area (Å²) in [5.74, 6) is 0. The summed E-state index contributed by atoms with van der Waals surface area (Å²) >= 11 is 5.42. The molecule has 2 aromatic rings. The molecule has 2 rings (SSSR count). The zero-order valence-corrected chi connectivity index (χ0v) is 12.7. The highest BCUT2D eigenvalue weighted by atomic mass is 32.1. The number of fused-ring (bicyclic) bond motifs is 1. The van der Waals surface area contributed by atoms with Gasteiger partial charge in [0.15, 0.2) is 10.4 Å². The highest BCUT2D eigenvalue weighted by Gasteiger charge is 2.13. The topological polar surface area (TPSA) is 47.8 Å². The zero-order valence-electron chi connectivity index (χ0n) is 11.9. The van der Waals surface area contributed by atoms with Gasteiger partial charge in [-0.1, -0.05) is 0 Å². The normalized spacial score (nSPS) is 11.5. The van der Waals surface area contributed by atoms with E-state index in [9.17, 15) is 0 Å². The number of aryl methyl sites for hydroxylation is 3. The van der Waals surface area contributed by atoms with E-state index in [1.807, 2.05) is 11.6 Å². The van der Waals surface area contributed by atoms with Crippen molar-refractivity contribution in [2.75, 3.05) is 13.7 Å². The van der Waals surface area contributed by atoms with Crippen LogP contribution in [0.25, 0.3) is 11.2 Å². The van der Waals surface area contributed by atoms with Gasteiger partial charge in [0.05, 0.1) is 5.69 Å². The standard InChI is InChI=1S/C13H22N4OS/c1-4-17-12-11(10(2)15-17)14-13(19)16(12)8-6-5-7-9-18-3/h4-9H2,1-3H3,(H,14,19). The van der Waals surface area contributed by atoms with Crippen molar-refractivity contribution >= 4 is 23.4 Å². The van der Waals surface area contributed by atoms with Crippen molar-refractivity contribution in [1.82, 2.24) is 19.3 Å². The van der Waals surface area contributed by atoms with Crippen LogP contribution in [0.5, 0.6) is 0 Å². The van der Waals surface area contributed by atoms with E-state index < -0.39 is 0 Å². The van der Waals surface area contributed by atoms with Crippen LogP contribution >= 0.6 is 12.2 Å². The van der Waals surface area contributed by atoms with Gasteiger partial charge in [-0.15, -0.1) is 0 Å². The van der Waals surface area contributed by atoms with Crippen LogP contribution in [0.3, 0.4) is 0 Å². The van der Waals surface area contributed by atoms with Crippen LogP contribution in [0.2, 0.25) is 0 Å². The molecule has 6 heteroatoms. The molecule has 0 aliphatic rings. The molecule has 0 radical (unpaired) electrons. The summed E-state index contributed by atoms with van der Waals surface area (Å²) in [6, 6.07) is 0. The molecule has 19 heavy (non-hydrogen) atoms. The maximum atomic E-state index is 5.42. The van der Waals surface area contributed by atoms with Crippen LogP contribution in [0.15, 0.2) is 0 Å². The monoisotopic (exact) mass is 282 g/mol. The van der Waals surface area contributed by atoms with Gasteiger partial charge >= 0.3 is 0 Å². The molecular formula is C13H22N4OS. The third kappa shape index (κ3) is 2.90. The quantitative estimate of drug-likeness (QED) is 0.627. The van der Waals surface area contributed by atoms with Gasteiger partial charge in [-0.2, -0.15) is 5.10 Å². The molecule has 0 bridgehead atoms. The molecule has 0 unspecified atom stereocenters. The molecule has 0 aliphatic carbocycles. The Morgan fingerprint density at radius 3 is 2.79 bits per heavy atom. The SMILES string of the molecule is CCn1nc(C)c2[nH]c(=S)n(CCCCCOC)c21. The van der Waals surface area contributed by atoms with E-state index in [1.165, 1.54) is 0 Å². The average Bonchev–Trinajstić information content (AvgIpc) is 2.88. The number of ether oxygens (including phenoxy) is 1. The molecule has 0 fully saturated rings. The molecule has 5 nitrogen and oxygen atoms in total. The number of H-pyrrole nitrogens is 1. The van der Waals surface area contributed by atoms with Gasteiger partial charge in [0.25, 0.3) is 0 Å². The van der Waals surface area contributed by atoms with Crippen molar-refractivity contribution in [3.8, 4) is 0 Å². The molecule has 0 aromatic carbocycles. The van der Waals surface area contributed by atoms with Gasteiger partial charge in [-0.25, -0.2) is 4.68 Å². The van der Waals surface area contributed by atoms with E-state index in [1.54, 1.807) is 7.11 Å². The van der Waals surface area contributed by atoms with E-state index in [0.717, 1.165) is 60.6 Å². The third-order valence-corrected chi connectivity index (χ3v) is 3.69. The minimum absolute atomic E-state index is 0.796. The van der Waals surface area contributed by atoms with Crippen molar-refractivity contribution in [3.63, 3.8) is 0 Å². The Labute approximate surface area is 118 Å². The second-order valence-corrected chi connectivity index (χ2v) is 5.12. The molecule has 0 aliphatic heterocycles. The minimum Gasteiger partial charge on any atom is -0.385 e. The summed E-state index contributed by atoms with van der Waals surface area (Å²) in [5.41, 5.74) is 3.21. The Kier molecular flexibility index (Phi) is 4.76. The van der Waals surface area contributed by atoms with Gasteiger partial charge in [-0.05, 0) is 45.3 Å². The lowest BCUT2D eigenvalue weighted by molar-refractivity contribution is 0.191. The largest absolute Gasteiger partial charge is 0.385 e. The molecule has 1 N–H and O–H groups in total. The Balaban J connectivity index is 2.17. The minimum atomic E-state index is 0.796. The molecular weight excluding hydrogens is 260 g/mol. The molecule has 0 atom stereocenters. The van der Waals surface area contributed by atoms with Crippen LogP contribution in [-0.4, -0.2) is 33.0 Å². The third-order valence-electron chi connectivity index (χ3n) is 3.36. The summed E-state index contributed by atoms with van der Waals surface area (Å²) in [6.07, 6.45) is 3.36. The summed E-state index contributed by atoms with van der Waals surface area (Å²) in [4.78, 5) is 3.27. The van der Waals surface area contributed by atoms with E-state index in [4.69, 9.17) is 17.0 Å². The number of aromatic amines is 1. The fourth-order valence-corrected chi connectivity index (χ4v) is 2.66. The first-order chi connectivity index (χ1) is 9.19. The molecule has 2 aromatic heterocycles. The highest BCUT2D eigenvalue weighted by molar-refractivity contribution is 7.71. The van der Waals surface area contributed by atoms with Gasteiger partial charge in [-0.3, -0.25) is 0 Å². The number of nitrogens with zero attached hydrogens (tertiary/aromatic N) is 3. The summed E-state index contributed by atoms with van der Waals surface area (Å²) < 4.78 is 10.0. The van der Waals surface area contributed by atoms with Crippen molar-refractivity contribution in [3.05, 3.63) is 10.5 Å². The van der Waals surface area contributed by atoms with E-state index in [0.29, 0.717) is 0 Å². The van der Waals surface area contributed by atoms with Crippen molar-refractivity contribution in [2.45, 2.75) is 46.2 Å². The number of imidazole rings is 1. The van der Waals surface area contributed by atoms with Crippen molar-refractivity contribution in [1.29, 1.82) is 0 Å². The lowest BCUT2D eigenvalue weighted by atomic mass is 10.2. The Morgan fingerprint density at radius 2 is 2.11 bits per heavy atom. The van der Waals surface area contributed by atoms with Crippen LogP contribution in [-0.2, 0) is 17.8 Å². The average molecular weight is 282 g/mol. The van der Waals surface area contributed by atoms with Crippen LogP contribution in [0, 0.1) is 11.7 Å². The van der Waals surface area contributed by atoms with E-state index in [-0.39, 0.29) is 0 Å². The first-order valence-corrected chi connectivity index (χ1v) is 7.24. The smallest absolute Gasteiger partial charge is 0.179 e. The lowest BCUT2D eigenvalue weighted by Crippen LogP contribution is -2.05. The Morgan fingerprint density at radius 1 is 1.32 bits per heavy atom. The highest BCUT2D eigenvalue weighted by Crippen LogP contribution is 2.18. The Hall–Kier alpha value is -1.14. The fraction of sp³-hybridized carbons (Fsp3) is 0.692. The maximum absolute atomic E-state index is 5.42. The summed E-state index contributed by atoms with van der Waals surface area (Å²) in [5, 5.41) is 4.53. The van der Waals surface area contributed by atoms with Crippen LogP contribution < -0.4 is 0 Å². The first kappa shape index (κ1) is 14.3. The van der Waals surface area contributed by atoms with Crippen molar-refractivity contribution < 1.29 is 4.74 Å². The number of hydrogen-bond acceptors (Lipinski definition) is 3. The number of methoxy groups -OCH3 is 1. The second kappa shape index (κ2) is 6.34. The second-order valence-electron chi connectivity index (χ2n) is 4.74. The lowest BCUT2D eigenvalue weighted by Gasteiger charge is -2.06. The number of aromatic nitrogens is 4. The fourth-order valence-electron chi connectivity index (χ4n) is 2.38. The van der Waals surface area contributed by atoms with Gasteiger partial charge in [0.2, 0.25) is 0 Å². The molecule has 2 heterocycles. The number of unbranched alkanes of at least 4 members (excludes halogenated alkanes) is 2. The maximum Gasteiger partial charge on any atom is 0.179 e. The number of rotatable bonds is 7. The molecule has 0 saturated heterocycles. The molecule has 0 amide bonds. The van der Waals surface area contributed by atoms with Crippen molar-refractivity contribution in [2.24, 2.45) is 0 Å². The number of hydrogen-bond donors (Lipinski definition) is 1. The predicted octanol–water partition coefficient (Wildman–Crippen LogP) is 3.04. The summed E-state index contributed by atoms with van der Waals surface area (Å²) in [6.45, 7) is 6.75. The molecule has 106 valence electrons. The van der Waals surface area contributed by atoms with E-state index in [2.05, 4.69) is 21.6 Å². The van der Waals surface area contributed by atoms with Crippen LogP contribution in [0.1, 0.15) is 31.9 Å².